The second-order valence-corrected chi connectivity index (χ2v) is 6.82. The highest BCUT2D eigenvalue weighted by atomic mass is 16.2. The average Bonchev–Trinajstić information content (AvgIpc) is 3.14. The van der Waals surface area contributed by atoms with Crippen LogP contribution in [0.15, 0.2) is 67.0 Å². The summed E-state index contributed by atoms with van der Waals surface area (Å²) < 4.78 is 1.82. The van der Waals surface area contributed by atoms with E-state index < -0.39 is 0 Å². The lowest BCUT2D eigenvalue weighted by Gasteiger charge is -2.18. The summed E-state index contributed by atoms with van der Waals surface area (Å²) in [5.41, 5.74) is 3.80. The van der Waals surface area contributed by atoms with Gasteiger partial charge in [-0.3, -0.25) is 14.3 Å². The van der Waals surface area contributed by atoms with Crippen LogP contribution in [0.4, 0.5) is 5.69 Å². The summed E-state index contributed by atoms with van der Waals surface area (Å²) >= 11 is 0. The molecule has 2 aromatic carbocycles. The number of benzene rings is 2. The molecule has 144 valence electrons. The number of hydrogen-bond acceptors (Lipinski definition) is 3. The minimum Gasteiger partial charge on any atom is -0.349 e. The van der Waals surface area contributed by atoms with Crippen molar-refractivity contribution in [2.75, 3.05) is 5.32 Å². The van der Waals surface area contributed by atoms with Crippen LogP contribution >= 0.6 is 0 Å². The van der Waals surface area contributed by atoms with Gasteiger partial charge in [0, 0.05) is 25.0 Å². The molecule has 0 aliphatic rings. The zero-order valence-corrected chi connectivity index (χ0v) is 16.1. The quantitative estimate of drug-likeness (QED) is 0.663. The Hall–Kier alpha value is -3.41. The second-order valence-electron chi connectivity index (χ2n) is 6.82. The number of rotatable bonds is 7. The summed E-state index contributed by atoms with van der Waals surface area (Å²) in [6.07, 6.45) is 3.79. The third kappa shape index (κ3) is 5.54. The smallest absolute Gasteiger partial charge is 0.226 e. The van der Waals surface area contributed by atoms with Crippen LogP contribution in [0.1, 0.15) is 36.1 Å². The van der Waals surface area contributed by atoms with E-state index >= 15 is 0 Å². The SMILES string of the molecule is CC(=O)NC(CC(=O)Nc1cccc(Cn2cccn2)c1)c1ccc(C)cc1. The van der Waals surface area contributed by atoms with Gasteiger partial charge in [0.15, 0.2) is 0 Å². The number of carbonyl (C=O) groups is 2. The van der Waals surface area contributed by atoms with Crippen LogP contribution in [0.2, 0.25) is 0 Å². The first-order valence-electron chi connectivity index (χ1n) is 9.19. The molecule has 1 heterocycles. The summed E-state index contributed by atoms with van der Waals surface area (Å²) in [6.45, 7) is 4.09. The van der Waals surface area contributed by atoms with Crippen molar-refractivity contribution in [2.24, 2.45) is 0 Å². The van der Waals surface area contributed by atoms with Crippen LogP contribution in [-0.2, 0) is 16.1 Å². The Morgan fingerprint density at radius 3 is 2.57 bits per heavy atom. The van der Waals surface area contributed by atoms with Gasteiger partial charge in [-0.15, -0.1) is 0 Å². The predicted molar refractivity (Wildman–Crippen MR) is 109 cm³/mol. The maximum Gasteiger partial charge on any atom is 0.226 e. The molecule has 3 rings (SSSR count). The van der Waals surface area contributed by atoms with Gasteiger partial charge in [-0.25, -0.2) is 0 Å². The first kappa shape index (κ1) is 19.4. The highest BCUT2D eigenvalue weighted by molar-refractivity contribution is 5.91. The lowest BCUT2D eigenvalue weighted by Crippen LogP contribution is -2.29. The van der Waals surface area contributed by atoms with Crippen molar-refractivity contribution in [1.29, 1.82) is 0 Å². The van der Waals surface area contributed by atoms with E-state index in [1.807, 2.05) is 72.4 Å². The van der Waals surface area contributed by atoms with Gasteiger partial charge in [0.05, 0.1) is 19.0 Å². The van der Waals surface area contributed by atoms with Gasteiger partial charge < -0.3 is 10.6 Å². The number of aromatic nitrogens is 2. The first-order valence-corrected chi connectivity index (χ1v) is 9.19. The van der Waals surface area contributed by atoms with Gasteiger partial charge in [-0.05, 0) is 36.2 Å². The van der Waals surface area contributed by atoms with Gasteiger partial charge >= 0.3 is 0 Å². The fourth-order valence-electron chi connectivity index (χ4n) is 3.02. The van der Waals surface area contributed by atoms with Crippen molar-refractivity contribution < 1.29 is 9.59 Å². The molecule has 1 atom stereocenters. The van der Waals surface area contributed by atoms with E-state index in [-0.39, 0.29) is 24.3 Å². The van der Waals surface area contributed by atoms with Crippen LogP contribution < -0.4 is 10.6 Å². The number of amides is 2. The monoisotopic (exact) mass is 376 g/mol. The Morgan fingerprint density at radius 1 is 1.11 bits per heavy atom. The van der Waals surface area contributed by atoms with E-state index in [0.717, 1.165) is 22.4 Å². The topological polar surface area (TPSA) is 76.0 Å². The first-order chi connectivity index (χ1) is 13.5. The van der Waals surface area contributed by atoms with Crippen LogP contribution in [0, 0.1) is 6.92 Å². The van der Waals surface area contributed by atoms with Crippen LogP contribution in [-0.4, -0.2) is 21.6 Å². The molecule has 3 aromatic rings. The standard InChI is InChI=1S/C22H24N4O2/c1-16-7-9-19(10-8-16)21(24-17(2)27)14-22(28)25-20-6-3-5-18(13-20)15-26-12-4-11-23-26/h3-13,21H,14-15H2,1-2H3,(H,24,27)(H,25,28). The highest BCUT2D eigenvalue weighted by Gasteiger charge is 2.17. The van der Waals surface area contributed by atoms with E-state index in [1.165, 1.54) is 6.92 Å². The summed E-state index contributed by atoms with van der Waals surface area (Å²) in [6, 6.07) is 17.0. The van der Waals surface area contributed by atoms with E-state index in [9.17, 15) is 9.59 Å². The summed E-state index contributed by atoms with van der Waals surface area (Å²) in [4.78, 5) is 24.2. The lowest BCUT2D eigenvalue weighted by molar-refractivity contribution is -0.120. The van der Waals surface area contributed by atoms with E-state index in [1.54, 1.807) is 6.20 Å². The van der Waals surface area contributed by atoms with Gasteiger partial charge in [-0.2, -0.15) is 5.10 Å². The van der Waals surface area contributed by atoms with Gasteiger partial charge in [0.25, 0.3) is 0 Å². The molecule has 2 N–H and O–H groups in total. The molecule has 2 amide bonds. The molecule has 28 heavy (non-hydrogen) atoms. The average molecular weight is 376 g/mol. The van der Waals surface area contributed by atoms with Crippen molar-refractivity contribution >= 4 is 17.5 Å². The number of anilines is 1. The molecule has 0 aliphatic carbocycles. The van der Waals surface area contributed by atoms with Crippen molar-refractivity contribution in [2.45, 2.75) is 32.9 Å². The maximum absolute atomic E-state index is 12.6. The van der Waals surface area contributed by atoms with Crippen molar-refractivity contribution in [3.8, 4) is 0 Å². The molecule has 0 aliphatic heterocycles. The molecule has 6 heteroatoms. The fourth-order valence-corrected chi connectivity index (χ4v) is 3.02. The van der Waals surface area contributed by atoms with Crippen LogP contribution in [0.3, 0.4) is 0 Å². The Labute approximate surface area is 164 Å². The minimum atomic E-state index is -0.370. The molecule has 1 aromatic heterocycles. The van der Waals surface area contributed by atoms with Gasteiger partial charge in [0.2, 0.25) is 11.8 Å². The molecular formula is C22H24N4O2. The van der Waals surface area contributed by atoms with E-state index in [2.05, 4.69) is 15.7 Å². The third-order valence-corrected chi connectivity index (χ3v) is 4.36. The predicted octanol–water partition coefficient (Wildman–Crippen LogP) is 3.45. The fraction of sp³-hybridized carbons (Fsp3) is 0.227. The number of nitrogens with one attached hydrogen (secondary N) is 2. The molecule has 0 saturated carbocycles. The van der Waals surface area contributed by atoms with Crippen molar-refractivity contribution in [3.05, 3.63) is 83.7 Å². The normalized spacial score (nSPS) is 11.6. The zero-order valence-electron chi connectivity index (χ0n) is 16.1. The van der Waals surface area contributed by atoms with Crippen LogP contribution in [0.5, 0.6) is 0 Å². The largest absolute Gasteiger partial charge is 0.349 e. The Kier molecular flexibility index (Phi) is 6.22. The Balaban J connectivity index is 1.67. The Morgan fingerprint density at radius 2 is 1.89 bits per heavy atom. The third-order valence-electron chi connectivity index (χ3n) is 4.36. The summed E-state index contributed by atoms with van der Waals surface area (Å²) in [5.74, 6) is -0.324. The molecule has 0 saturated heterocycles. The highest BCUT2D eigenvalue weighted by Crippen LogP contribution is 2.19. The van der Waals surface area contributed by atoms with Gasteiger partial charge in [0.1, 0.15) is 0 Å². The number of aryl methyl sites for hydroxylation is 1. The minimum absolute atomic E-state index is 0.157. The Bertz CT molecular complexity index is 933. The maximum atomic E-state index is 12.6. The summed E-state index contributed by atoms with van der Waals surface area (Å²) in [5, 5.41) is 9.99. The molecule has 6 nitrogen and oxygen atoms in total. The molecule has 0 spiro atoms. The van der Waals surface area contributed by atoms with Crippen molar-refractivity contribution in [1.82, 2.24) is 15.1 Å². The molecule has 0 fully saturated rings. The lowest BCUT2D eigenvalue weighted by atomic mass is 10.0. The second kappa shape index (κ2) is 8.99. The molecule has 1 unspecified atom stereocenters. The van der Waals surface area contributed by atoms with Gasteiger partial charge in [-0.1, -0.05) is 42.0 Å². The van der Waals surface area contributed by atoms with Crippen LogP contribution in [0.25, 0.3) is 0 Å². The molecule has 0 bridgehead atoms. The number of hydrogen-bond donors (Lipinski definition) is 2. The molecule has 0 radical (unpaired) electrons. The zero-order chi connectivity index (χ0) is 19.9. The molecular weight excluding hydrogens is 352 g/mol. The number of nitrogens with zero attached hydrogens (tertiary/aromatic N) is 2. The van der Waals surface area contributed by atoms with E-state index in [0.29, 0.717) is 6.54 Å². The van der Waals surface area contributed by atoms with E-state index in [4.69, 9.17) is 0 Å². The summed E-state index contributed by atoms with van der Waals surface area (Å²) in [7, 11) is 0. The van der Waals surface area contributed by atoms with Crippen molar-refractivity contribution in [3.63, 3.8) is 0 Å². The number of carbonyl (C=O) groups excluding carboxylic acids is 2.